The van der Waals surface area contributed by atoms with E-state index in [4.69, 9.17) is 11.6 Å². The van der Waals surface area contributed by atoms with Gasteiger partial charge in [-0.2, -0.15) is 5.10 Å². The van der Waals surface area contributed by atoms with Gasteiger partial charge in [-0.05, 0) is 24.3 Å². The van der Waals surface area contributed by atoms with Gasteiger partial charge in [0.1, 0.15) is 6.33 Å². The number of rotatable bonds is 2. The lowest BCUT2D eigenvalue weighted by Crippen LogP contribution is -2.12. The first kappa shape index (κ1) is 15.3. The van der Waals surface area contributed by atoms with Crippen LogP contribution in [0, 0.1) is 0 Å². The molecule has 1 amide bonds. The van der Waals surface area contributed by atoms with Crippen LogP contribution in [0.1, 0.15) is 16.5 Å². The summed E-state index contributed by atoms with van der Waals surface area (Å²) in [6, 6.07) is 7.54. The first-order valence-electron chi connectivity index (χ1n) is 7.35. The van der Waals surface area contributed by atoms with Crippen molar-refractivity contribution in [3.8, 4) is 5.69 Å². The highest BCUT2D eigenvalue weighted by molar-refractivity contribution is 8.00. The maximum atomic E-state index is 12.0. The number of fused-ring (bicyclic) bond motifs is 1. The van der Waals surface area contributed by atoms with Crippen LogP contribution in [0.2, 0.25) is 5.02 Å². The van der Waals surface area contributed by atoms with Crippen LogP contribution in [-0.4, -0.2) is 31.0 Å². The van der Waals surface area contributed by atoms with Crippen molar-refractivity contribution in [2.45, 2.75) is 5.25 Å². The molecule has 122 valence electrons. The van der Waals surface area contributed by atoms with Gasteiger partial charge in [0.2, 0.25) is 5.91 Å². The van der Waals surface area contributed by atoms with Crippen LogP contribution in [0.25, 0.3) is 5.69 Å². The van der Waals surface area contributed by atoms with Crippen molar-refractivity contribution in [2.75, 3.05) is 11.1 Å². The van der Waals surface area contributed by atoms with Crippen molar-refractivity contribution in [3.05, 3.63) is 59.3 Å². The average Bonchev–Trinajstić information content (AvgIpc) is 3.12. The maximum Gasteiger partial charge on any atom is 0.235 e. The molecule has 0 saturated heterocycles. The highest BCUT2D eigenvalue weighted by Crippen LogP contribution is 2.41. The summed E-state index contributed by atoms with van der Waals surface area (Å²) >= 11 is 7.56. The Morgan fingerprint density at radius 1 is 1.33 bits per heavy atom. The number of aromatic nitrogens is 4. The number of benzene rings is 1. The molecule has 4 rings (SSSR count). The van der Waals surface area contributed by atoms with Crippen LogP contribution in [0.3, 0.4) is 0 Å². The Morgan fingerprint density at radius 2 is 2.12 bits per heavy atom. The molecule has 1 atom stereocenters. The highest BCUT2D eigenvalue weighted by atomic mass is 35.5. The van der Waals surface area contributed by atoms with E-state index >= 15 is 0 Å². The van der Waals surface area contributed by atoms with Gasteiger partial charge in [-0.1, -0.05) is 11.6 Å². The van der Waals surface area contributed by atoms with Gasteiger partial charge in [-0.3, -0.25) is 14.0 Å². The number of anilines is 1. The zero-order chi connectivity index (χ0) is 16.7. The smallest absolute Gasteiger partial charge is 0.235 e. The molecule has 0 saturated carbocycles. The molecule has 3 aromatic rings. The molecule has 0 radical (unpaired) electrons. The molecule has 3 heterocycles. The summed E-state index contributed by atoms with van der Waals surface area (Å²) < 4.78 is 3.75. The first-order valence-corrected chi connectivity index (χ1v) is 8.77. The first-order chi connectivity index (χ1) is 11.6. The van der Waals surface area contributed by atoms with Gasteiger partial charge in [0.15, 0.2) is 5.82 Å². The predicted molar refractivity (Wildman–Crippen MR) is 94.7 cm³/mol. The van der Waals surface area contributed by atoms with E-state index in [0.717, 1.165) is 16.9 Å². The van der Waals surface area contributed by atoms with Gasteiger partial charge >= 0.3 is 0 Å². The second kappa shape index (κ2) is 5.99. The molecule has 0 unspecified atom stereocenters. The number of nitrogens with one attached hydrogen (secondary N) is 1. The summed E-state index contributed by atoms with van der Waals surface area (Å²) in [7, 11) is 1.88. The van der Waals surface area contributed by atoms with Crippen LogP contribution in [0.5, 0.6) is 0 Å². The average molecular weight is 360 g/mol. The summed E-state index contributed by atoms with van der Waals surface area (Å²) in [5, 5.41) is 7.79. The van der Waals surface area contributed by atoms with E-state index in [1.165, 1.54) is 0 Å². The number of carbonyl (C=O) groups excluding carboxylic acids is 1. The standard InChI is InChI=1S/C16H14ClN5OS/c1-21-7-10(6-19-21)15-14-16(20-13(23)8-24-15)18-9-22(14)12-4-2-11(17)3-5-12/h2-7,9,15H,8H2,1H3,(H,20,23)/t15-/m0/s1. The van der Waals surface area contributed by atoms with Crippen LogP contribution < -0.4 is 5.32 Å². The minimum atomic E-state index is -0.0472. The fourth-order valence-corrected chi connectivity index (χ4v) is 3.96. The van der Waals surface area contributed by atoms with Gasteiger partial charge in [0.25, 0.3) is 0 Å². The van der Waals surface area contributed by atoms with Crippen molar-refractivity contribution in [3.63, 3.8) is 0 Å². The molecule has 0 fully saturated rings. The number of imidazole rings is 1. The fourth-order valence-electron chi connectivity index (χ4n) is 2.75. The monoisotopic (exact) mass is 359 g/mol. The van der Waals surface area contributed by atoms with Crippen LogP contribution >= 0.6 is 23.4 Å². The minimum Gasteiger partial charge on any atom is -0.308 e. The summed E-state index contributed by atoms with van der Waals surface area (Å²) in [4.78, 5) is 16.4. The number of carbonyl (C=O) groups is 1. The van der Waals surface area contributed by atoms with E-state index in [-0.39, 0.29) is 11.2 Å². The Kier molecular flexibility index (Phi) is 3.82. The molecular formula is C16H14ClN5OS. The van der Waals surface area contributed by atoms with Crippen LogP contribution in [0.4, 0.5) is 5.82 Å². The SMILES string of the molecule is Cn1cc([C@@H]2SCC(=O)Nc3ncn(-c4ccc(Cl)cc4)c32)cn1. The lowest BCUT2D eigenvalue weighted by atomic mass is 10.1. The van der Waals surface area contributed by atoms with E-state index in [9.17, 15) is 4.79 Å². The van der Waals surface area contributed by atoms with Gasteiger partial charge in [-0.25, -0.2) is 4.98 Å². The number of amides is 1. The van der Waals surface area contributed by atoms with Crippen LogP contribution in [-0.2, 0) is 11.8 Å². The number of nitrogens with zero attached hydrogens (tertiary/aromatic N) is 4. The van der Waals surface area contributed by atoms with E-state index in [2.05, 4.69) is 15.4 Å². The molecule has 6 nitrogen and oxygen atoms in total. The molecule has 0 bridgehead atoms. The van der Waals surface area contributed by atoms with E-state index in [1.807, 2.05) is 48.3 Å². The number of hydrogen-bond donors (Lipinski definition) is 1. The largest absolute Gasteiger partial charge is 0.308 e. The molecule has 24 heavy (non-hydrogen) atoms. The Balaban J connectivity index is 1.87. The lowest BCUT2D eigenvalue weighted by Gasteiger charge is -2.16. The van der Waals surface area contributed by atoms with Gasteiger partial charge in [0.05, 0.1) is 22.9 Å². The summed E-state index contributed by atoms with van der Waals surface area (Å²) in [6.45, 7) is 0. The number of hydrogen-bond acceptors (Lipinski definition) is 4. The van der Waals surface area contributed by atoms with Gasteiger partial charge in [0, 0.05) is 29.5 Å². The number of aryl methyl sites for hydroxylation is 1. The Hall–Kier alpha value is -2.25. The fraction of sp³-hybridized carbons (Fsp3) is 0.188. The van der Waals surface area contributed by atoms with Crippen molar-refractivity contribution in [1.82, 2.24) is 19.3 Å². The van der Waals surface area contributed by atoms with Crippen molar-refractivity contribution >= 4 is 35.1 Å². The highest BCUT2D eigenvalue weighted by Gasteiger charge is 2.29. The van der Waals surface area contributed by atoms with Crippen molar-refractivity contribution in [1.29, 1.82) is 0 Å². The lowest BCUT2D eigenvalue weighted by molar-refractivity contribution is -0.113. The Bertz CT molecular complexity index is 902. The molecule has 1 aliphatic rings. The molecule has 1 aliphatic heterocycles. The summed E-state index contributed by atoms with van der Waals surface area (Å²) in [5.74, 6) is 0.916. The summed E-state index contributed by atoms with van der Waals surface area (Å²) in [6.07, 6.45) is 5.52. The zero-order valence-electron chi connectivity index (χ0n) is 12.8. The number of thioether (sulfide) groups is 1. The van der Waals surface area contributed by atoms with Crippen LogP contribution in [0.15, 0.2) is 43.0 Å². The minimum absolute atomic E-state index is 0.0363. The predicted octanol–water partition coefficient (Wildman–Crippen LogP) is 3.03. The topological polar surface area (TPSA) is 64.7 Å². The molecule has 1 N–H and O–H groups in total. The molecule has 0 aliphatic carbocycles. The maximum absolute atomic E-state index is 12.0. The third-order valence-electron chi connectivity index (χ3n) is 3.82. The van der Waals surface area contributed by atoms with E-state index in [0.29, 0.717) is 16.6 Å². The molecule has 1 aromatic carbocycles. The molecule has 8 heteroatoms. The number of halogens is 1. The molecule has 0 spiro atoms. The third-order valence-corrected chi connectivity index (χ3v) is 5.33. The second-order valence-corrected chi connectivity index (χ2v) is 7.04. The Morgan fingerprint density at radius 3 is 2.83 bits per heavy atom. The van der Waals surface area contributed by atoms with E-state index < -0.39 is 0 Å². The van der Waals surface area contributed by atoms with Crippen molar-refractivity contribution in [2.24, 2.45) is 7.05 Å². The normalized spacial score (nSPS) is 17.2. The van der Waals surface area contributed by atoms with E-state index in [1.54, 1.807) is 22.8 Å². The second-order valence-electron chi connectivity index (χ2n) is 5.51. The van der Waals surface area contributed by atoms with Gasteiger partial charge in [-0.15, -0.1) is 11.8 Å². The Labute approximate surface area is 147 Å². The quantitative estimate of drug-likeness (QED) is 0.763. The molecule has 2 aromatic heterocycles. The van der Waals surface area contributed by atoms with Gasteiger partial charge < -0.3 is 5.32 Å². The summed E-state index contributed by atoms with van der Waals surface area (Å²) in [5.41, 5.74) is 2.91. The van der Waals surface area contributed by atoms with Crippen molar-refractivity contribution < 1.29 is 4.79 Å². The molecular weight excluding hydrogens is 346 g/mol. The third kappa shape index (κ3) is 2.70. The zero-order valence-corrected chi connectivity index (χ0v) is 14.4.